The summed E-state index contributed by atoms with van der Waals surface area (Å²) >= 11 is 0. The van der Waals surface area contributed by atoms with Crippen molar-refractivity contribution in [2.45, 2.75) is 19.8 Å². The highest BCUT2D eigenvalue weighted by atomic mass is 16.5. The molecular formula is C14H20N2O2. The topological polar surface area (TPSA) is 42.4 Å². The summed E-state index contributed by atoms with van der Waals surface area (Å²) in [7, 11) is 1.66. The van der Waals surface area contributed by atoms with E-state index in [1.807, 2.05) is 23.4 Å². The van der Waals surface area contributed by atoms with E-state index in [9.17, 15) is 4.79 Å². The van der Waals surface area contributed by atoms with Gasteiger partial charge in [0.15, 0.2) is 0 Å². The van der Waals surface area contributed by atoms with Crippen molar-refractivity contribution in [3.8, 4) is 0 Å². The number of amides is 1. The molecule has 0 unspecified atom stereocenters. The molecule has 1 aromatic heterocycles. The van der Waals surface area contributed by atoms with Crippen LogP contribution in [-0.4, -0.2) is 42.6 Å². The van der Waals surface area contributed by atoms with E-state index in [0.717, 1.165) is 13.0 Å². The molecule has 1 aliphatic heterocycles. The molecular weight excluding hydrogens is 228 g/mol. The first-order valence-corrected chi connectivity index (χ1v) is 6.37. The Balaban J connectivity index is 1.92. The molecule has 1 aromatic rings. The zero-order chi connectivity index (χ0) is 13.0. The summed E-state index contributed by atoms with van der Waals surface area (Å²) in [6.45, 7) is 4.26. The monoisotopic (exact) mass is 248 g/mol. The highest BCUT2D eigenvalue weighted by Gasteiger charge is 2.29. The SMILES string of the molecule is COCCN1C[C@@H](Cc2cnccc2C)CC1=O. The van der Waals surface area contributed by atoms with E-state index in [4.69, 9.17) is 4.74 Å². The van der Waals surface area contributed by atoms with Crippen LogP contribution < -0.4 is 0 Å². The lowest BCUT2D eigenvalue weighted by atomic mass is 9.97. The van der Waals surface area contributed by atoms with Crippen molar-refractivity contribution in [1.29, 1.82) is 0 Å². The van der Waals surface area contributed by atoms with E-state index in [2.05, 4.69) is 11.9 Å². The second-order valence-corrected chi connectivity index (χ2v) is 4.91. The molecule has 1 amide bonds. The number of ether oxygens (including phenoxy) is 1. The number of carbonyl (C=O) groups is 1. The fourth-order valence-corrected chi connectivity index (χ4v) is 2.43. The summed E-state index contributed by atoms with van der Waals surface area (Å²) < 4.78 is 5.02. The Bertz CT molecular complexity index is 420. The van der Waals surface area contributed by atoms with Gasteiger partial charge in [-0.05, 0) is 36.5 Å². The summed E-state index contributed by atoms with van der Waals surface area (Å²) in [6, 6.07) is 2.02. The van der Waals surface area contributed by atoms with E-state index in [1.165, 1.54) is 11.1 Å². The van der Waals surface area contributed by atoms with E-state index in [1.54, 1.807) is 7.11 Å². The van der Waals surface area contributed by atoms with E-state index < -0.39 is 0 Å². The molecule has 4 nitrogen and oxygen atoms in total. The Morgan fingerprint density at radius 1 is 1.56 bits per heavy atom. The Kier molecular flexibility index (Phi) is 4.31. The predicted octanol–water partition coefficient (Wildman–Crippen LogP) is 1.43. The van der Waals surface area contributed by atoms with Crippen LogP contribution in [0.2, 0.25) is 0 Å². The highest BCUT2D eigenvalue weighted by molar-refractivity contribution is 5.78. The third kappa shape index (κ3) is 3.07. The van der Waals surface area contributed by atoms with Gasteiger partial charge in [0.05, 0.1) is 6.61 Å². The first-order chi connectivity index (χ1) is 8.70. The van der Waals surface area contributed by atoms with Gasteiger partial charge < -0.3 is 9.64 Å². The van der Waals surface area contributed by atoms with Crippen LogP contribution in [0, 0.1) is 12.8 Å². The molecule has 1 aliphatic rings. The van der Waals surface area contributed by atoms with Crippen molar-refractivity contribution < 1.29 is 9.53 Å². The summed E-state index contributed by atoms with van der Waals surface area (Å²) in [5.41, 5.74) is 2.51. The maximum absolute atomic E-state index is 11.8. The molecule has 1 fully saturated rings. The standard InChI is InChI=1S/C14H20N2O2/c1-11-3-4-15-9-13(11)7-12-8-14(17)16(10-12)5-6-18-2/h3-4,9,12H,5-8,10H2,1-2H3/t12-/m0/s1. The fraction of sp³-hybridized carbons (Fsp3) is 0.571. The minimum atomic E-state index is 0.249. The zero-order valence-electron chi connectivity index (χ0n) is 11.1. The Hall–Kier alpha value is -1.42. The van der Waals surface area contributed by atoms with Crippen LogP contribution in [0.15, 0.2) is 18.5 Å². The van der Waals surface area contributed by atoms with Crippen molar-refractivity contribution in [2.75, 3.05) is 26.8 Å². The summed E-state index contributed by atoms with van der Waals surface area (Å²) in [5.74, 6) is 0.663. The van der Waals surface area contributed by atoms with Gasteiger partial charge in [-0.15, -0.1) is 0 Å². The molecule has 0 aromatic carbocycles. The number of aryl methyl sites for hydroxylation is 1. The Morgan fingerprint density at radius 3 is 3.11 bits per heavy atom. The quantitative estimate of drug-likeness (QED) is 0.791. The van der Waals surface area contributed by atoms with Gasteiger partial charge >= 0.3 is 0 Å². The number of nitrogens with zero attached hydrogens (tertiary/aromatic N) is 2. The number of likely N-dealkylation sites (tertiary alicyclic amines) is 1. The smallest absolute Gasteiger partial charge is 0.223 e. The van der Waals surface area contributed by atoms with Gasteiger partial charge in [-0.3, -0.25) is 9.78 Å². The molecule has 0 N–H and O–H groups in total. The van der Waals surface area contributed by atoms with Crippen molar-refractivity contribution >= 4 is 5.91 Å². The van der Waals surface area contributed by atoms with Crippen LogP contribution in [0.5, 0.6) is 0 Å². The molecule has 1 saturated heterocycles. The minimum Gasteiger partial charge on any atom is -0.383 e. The predicted molar refractivity (Wildman–Crippen MR) is 69.2 cm³/mol. The lowest BCUT2D eigenvalue weighted by Crippen LogP contribution is -2.28. The van der Waals surface area contributed by atoms with Gasteiger partial charge in [-0.25, -0.2) is 0 Å². The molecule has 1 atom stereocenters. The number of carbonyl (C=O) groups excluding carboxylic acids is 1. The zero-order valence-corrected chi connectivity index (χ0v) is 11.1. The molecule has 0 saturated carbocycles. The molecule has 0 spiro atoms. The molecule has 4 heteroatoms. The van der Waals surface area contributed by atoms with Crippen molar-refractivity contribution in [2.24, 2.45) is 5.92 Å². The van der Waals surface area contributed by atoms with Gasteiger partial charge in [0.25, 0.3) is 0 Å². The average molecular weight is 248 g/mol. The maximum Gasteiger partial charge on any atom is 0.223 e. The Morgan fingerprint density at radius 2 is 2.39 bits per heavy atom. The first-order valence-electron chi connectivity index (χ1n) is 6.37. The largest absolute Gasteiger partial charge is 0.383 e. The van der Waals surface area contributed by atoms with Crippen LogP contribution in [-0.2, 0) is 16.0 Å². The van der Waals surface area contributed by atoms with Crippen LogP contribution >= 0.6 is 0 Å². The molecule has 2 rings (SSSR count). The second kappa shape index (κ2) is 5.96. The van der Waals surface area contributed by atoms with Gasteiger partial charge in [0, 0.05) is 39.0 Å². The molecule has 0 radical (unpaired) electrons. The maximum atomic E-state index is 11.8. The van der Waals surface area contributed by atoms with Crippen LogP contribution in [0.4, 0.5) is 0 Å². The number of methoxy groups -OCH3 is 1. The van der Waals surface area contributed by atoms with Gasteiger partial charge in [0.2, 0.25) is 5.91 Å². The first kappa shape index (κ1) is 13.0. The van der Waals surface area contributed by atoms with Crippen molar-refractivity contribution in [1.82, 2.24) is 9.88 Å². The number of pyridine rings is 1. The molecule has 0 bridgehead atoms. The van der Waals surface area contributed by atoms with Crippen molar-refractivity contribution in [3.05, 3.63) is 29.6 Å². The lowest BCUT2D eigenvalue weighted by Gasteiger charge is -2.16. The molecule has 98 valence electrons. The summed E-state index contributed by atoms with van der Waals surface area (Å²) in [6.07, 6.45) is 5.31. The fourth-order valence-electron chi connectivity index (χ4n) is 2.43. The third-order valence-corrected chi connectivity index (χ3v) is 3.52. The second-order valence-electron chi connectivity index (χ2n) is 4.91. The highest BCUT2D eigenvalue weighted by Crippen LogP contribution is 2.22. The lowest BCUT2D eigenvalue weighted by molar-refractivity contribution is -0.128. The van der Waals surface area contributed by atoms with Gasteiger partial charge in [-0.2, -0.15) is 0 Å². The van der Waals surface area contributed by atoms with Crippen molar-refractivity contribution in [3.63, 3.8) is 0 Å². The third-order valence-electron chi connectivity index (χ3n) is 3.52. The van der Waals surface area contributed by atoms with E-state index in [-0.39, 0.29) is 5.91 Å². The normalized spacial score (nSPS) is 19.6. The number of rotatable bonds is 5. The Labute approximate surface area is 108 Å². The number of hydrogen-bond donors (Lipinski definition) is 0. The van der Waals surface area contributed by atoms with E-state index in [0.29, 0.717) is 25.5 Å². The molecule has 2 heterocycles. The number of hydrogen-bond acceptors (Lipinski definition) is 3. The number of aromatic nitrogens is 1. The minimum absolute atomic E-state index is 0.249. The van der Waals surface area contributed by atoms with Gasteiger partial charge in [-0.1, -0.05) is 0 Å². The van der Waals surface area contributed by atoms with E-state index >= 15 is 0 Å². The van der Waals surface area contributed by atoms with Crippen LogP contribution in [0.25, 0.3) is 0 Å². The van der Waals surface area contributed by atoms with Crippen LogP contribution in [0.1, 0.15) is 17.5 Å². The molecule has 0 aliphatic carbocycles. The van der Waals surface area contributed by atoms with Gasteiger partial charge in [0.1, 0.15) is 0 Å². The van der Waals surface area contributed by atoms with Crippen LogP contribution in [0.3, 0.4) is 0 Å². The molecule has 18 heavy (non-hydrogen) atoms. The summed E-state index contributed by atoms with van der Waals surface area (Å²) in [4.78, 5) is 17.9. The summed E-state index contributed by atoms with van der Waals surface area (Å²) in [5, 5.41) is 0. The average Bonchev–Trinajstić information content (AvgIpc) is 2.70.